The number of likely N-dealkylation sites (N-methyl/N-ethyl adjacent to an activating group) is 1. The standard InChI is InChI=1S/C8H17N2/c1-3-10(4-2)8-6-5-7-9/h5-6,9H,3-4,7-8H2,1-2H3/b6-5+. The Morgan fingerprint density at radius 2 is 1.80 bits per heavy atom. The molecule has 0 amide bonds. The molecule has 1 N–H and O–H groups in total. The van der Waals surface area contributed by atoms with Crippen LogP contribution < -0.4 is 5.73 Å². The minimum Gasteiger partial charge on any atom is -0.300 e. The first-order chi connectivity index (χ1) is 4.85. The number of hydrogen-bond donors (Lipinski definition) is 0. The molecule has 0 saturated carbocycles. The van der Waals surface area contributed by atoms with Crippen molar-refractivity contribution in [1.82, 2.24) is 10.6 Å². The van der Waals surface area contributed by atoms with Crippen LogP contribution in [0.5, 0.6) is 0 Å². The van der Waals surface area contributed by atoms with Crippen molar-refractivity contribution >= 4 is 0 Å². The second-order valence-corrected chi connectivity index (χ2v) is 2.16. The Labute approximate surface area is 63.7 Å². The lowest BCUT2D eigenvalue weighted by Gasteiger charge is -2.14. The fourth-order valence-electron chi connectivity index (χ4n) is 0.789. The van der Waals surface area contributed by atoms with Gasteiger partial charge in [0.25, 0.3) is 0 Å². The van der Waals surface area contributed by atoms with Gasteiger partial charge in [0.15, 0.2) is 0 Å². The second kappa shape index (κ2) is 6.78. The smallest absolute Gasteiger partial charge is 0.0281 e. The van der Waals surface area contributed by atoms with Gasteiger partial charge in [-0.25, -0.2) is 0 Å². The Hall–Kier alpha value is -0.340. The van der Waals surface area contributed by atoms with E-state index in [4.69, 9.17) is 5.73 Å². The maximum atomic E-state index is 6.86. The Morgan fingerprint density at radius 3 is 2.20 bits per heavy atom. The summed E-state index contributed by atoms with van der Waals surface area (Å²) in [4.78, 5) is 2.31. The van der Waals surface area contributed by atoms with E-state index in [0.29, 0.717) is 6.54 Å². The van der Waals surface area contributed by atoms with Crippen molar-refractivity contribution in [1.29, 1.82) is 0 Å². The maximum Gasteiger partial charge on any atom is 0.0281 e. The van der Waals surface area contributed by atoms with Gasteiger partial charge in [-0.2, -0.15) is 0 Å². The van der Waals surface area contributed by atoms with Gasteiger partial charge in [-0.15, -0.1) is 0 Å². The van der Waals surface area contributed by atoms with E-state index in [0.717, 1.165) is 19.6 Å². The minimum atomic E-state index is 0.404. The second-order valence-electron chi connectivity index (χ2n) is 2.16. The largest absolute Gasteiger partial charge is 0.300 e. The van der Waals surface area contributed by atoms with Gasteiger partial charge in [-0.05, 0) is 13.1 Å². The number of nitrogens with one attached hydrogen (secondary N) is 1. The van der Waals surface area contributed by atoms with Gasteiger partial charge in [0, 0.05) is 13.1 Å². The molecule has 0 aliphatic carbocycles. The number of hydrogen-bond acceptors (Lipinski definition) is 1. The highest BCUT2D eigenvalue weighted by molar-refractivity contribution is 4.84. The molecule has 2 heteroatoms. The lowest BCUT2D eigenvalue weighted by Crippen LogP contribution is -2.22. The summed E-state index contributed by atoms with van der Waals surface area (Å²) in [6.45, 7) is 7.89. The molecule has 0 aromatic heterocycles. The molecule has 0 fully saturated rings. The zero-order valence-electron chi connectivity index (χ0n) is 6.93. The van der Waals surface area contributed by atoms with E-state index in [1.807, 2.05) is 6.08 Å². The zero-order valence-corrected chi connectivity index (χ0v) is 6.93. The van der Waals surface area contributed by atoms with Crippen LogP contribution in [0.1, 0.15) is 13.8 Å². The third kappa shape index (κ3) is 4.53. The molecule has 10 heavy (non-hydrogen) atoms. The predicted molar refractivity (Wildman–Crippen MR) is 44.9 cm³/mol. The first-order valence-electron chi connectivity index (χ1n) is 3.87. The first-order valence-corrected chi connectivity index (χ1v) is 3.87. The molecule has 0 aliphatic rings. The Bertz CT molecular complexity index is 85.3. The van der Waals surface area contributed by atoms with Gasteiger partial charge in [-0.1, -0.05) is 26.0 Å². The van der Waals surface area contributed by atoms with Crippen molar-refractivity contribution in [3.63, 3.8) is 0 Å². The van der Waals surface area contributed by atoms with Crippen LogP contribution >= 0.6 is 0 Å². The monoisotopic (exact) mass is 141 g/mol. The van der Waals surface area contributed by atoms with Gasteiger partial charge in [0.05, 0.1) is 0 Å². The predicted octanol–water partition coefficient (Wildman–Crippen LogP) is 1.17. The van der Waals surface area contributed by atoms with Crippen molar-refractivity contribution in [2.45, 2.75) is 13.8 Å². The summed E-state index contributed by atoms with van der Waals surface area (Å²) in [7, 11) is 0. The van der Waals surface area contributed by atoms with Gasteiger partial charge in [0.1, 0.15) is 0 Å². The van der Waals surface area contributed by atoms with E-state index in [2.05, 4.69) is 24.8 Å². The minimum absolute atomic E-state index is 0.404. The van der Waals surface area contributed by atoms with Crippen LogP contribution in [0.15, 0.2) is 12.2 Å². The molecule has 1 radical (unpaired) electrons. The van der Waals surface area contributed by atoms with Crippen molar-refractivity contribution < 1.29 is 0 Å². The lowest BCUT2D eigenvalue weighted by molar-refractivity contribution is 0.337. The molecule has 0 rings (SSSR count). The Kier molecular flexibility index (Phi) is 6.55. The molecule has 0 unspecified atom stereocenters. The van der Waals surface area contributed by atoms with Crippen molar-refractivity contribution in [3.05, 3.63) is 12.2 Å². The molecule has 0 bridgehead atoms. The van der Waals surface area contributed by atoms with Crippen LogP contribution in [0.2, 0.25) is 0 Å². The Morgan fingerprint density at radius 1 is 1.20 bits per heavy atom. The van der Waals surface area contributed by atoms with Crippen LogP contribution in [-0.4, -0.2) is 31.1 Å². The van der Waals surface area contributed by atoms with E-state index >= 15 is 0 Å². The summed E-state index contributed by atoms with van der Waals surface area (Å²) in [6.07, 6.45) is 3.94. The zero-order chi connectivity index (χ0) is 7.82. The molecule has 0 heterocycles. The highest BCUT2D eigenvalue weighted by atomic mass is 15.1. The van der Waals surface area contributed by atoms with Crippen LogP contribution in [0.25, 0.3) is 0 Å². The van der Waals surface area contributed by atoms with E-state index < -0.39 is 0 Å². The van der Waals surface area contributed by atoms with E-state index in [1.54, 1.807) is 0 Å². The molecule has 0 saturated heterocycles. The van der Waals surface area contributed by atoms with E-state index in [1.165, 1.54) is 0 Å². The Balaban J connectivity index is 3.34. The maximum absolute atomic E-state index is 6.86. The van der Waals surface area contributed by atoms with Gasteiger partial charge in [0.2, 0.25) is 0 Å². The molecular weight excluding hydrogens is 124 g/mol. The average molecular weight is 141 g/mol. The summed E-state index contributed by atoms with van der Waals surface area (Å²) in [5, 5.41) is 0. The molecule has 59 valence electrons. The van der Waals surface area contributed by atoms with E-state index in [-0.39, 0.29) is 0 Å². The van der Waals surface area contributed by atoms with Crippen LogP contribution in [0.4, 0.5) is 0 Å². The third-order valence-electron chi connectivity index (χ3n) is 1.54. The van der Waals surface area contributed by atoms with Gasteiger partial charge >= 0.3 is 0 Å². The average Bonchev–Trinajstić information content (AvgIpc) is 1.99. The van der Waals surface area contributed by atoms with E-state index in [9.17, 15) is 0 Å². The summed E-state index contributed by atoms with van der Waals surface area (Å²) >= 11 is 0. The quantitative estimate of drug-likeness (QED) is 0.528. The fourth-order valence-corrected chi connectivity index (χ4v) is 0.789. The molecule has 0 aliphatic heterocycles. The van der Waals surface area contributed by atoms with Crippen LogP contribution in [-0.2, 0) is 0 Å². The van der Waals surface area contributed by atoms with Crippen molar-refractivity contribution in [3.8, 4) is 0 Å². The summed E-state index contributed by atoms with van der Waals surface area (Å²) in [5.74, 6) is 0. The van der Waals surface area contributed by atoms with Crippen LogP contribution in [0.3, 0.4) is 0 Å². The summed E-state index contributed by atoms with van der Waals surface area (Å²) < 4.78 is 0. The normalized spacial score (nSPS) is 11.6. The summed E-state index contributed by atoms with van der Waals surface area (Å²) in [6, 6.07) is 0. The molecule has 0 spiro atoms. The fraction of sp³-hybridized carbons (Fsp3) is 0.750. The van der Waals surface area contributed by atoms with Crippen LogP contribution in [0, 0.1) is 0 Å². The van der Waals surface area contributed by atoms with Crippen molar-refractivity contribution in [2.75, 3.05) is 26.2 Å². The number of nitrogens with zero attached hydrogens (tertiary/aromatic N) is 1. The molecule has 2 nitrogen and oxygen atoms in total. The van der Waals surface area contributed by atoms with Gasteiger partial charge in [-0.3, -0.25) is 5.73 Å². The highest BCUT2D eigenvalue weighted by Gasteiger charge is 1.92. The highest BCUT2D eigenvalue weighted by Crippen LogP contribution is 1.86. The summed E-state index contributed by atoms with van der Waals surface area (Å²) in [5.41, 5.74) is 6.86. The molecule has 0 atom stereocenters. The first kappa shape index (κ1) is 9.66. The lowest BCUT2D eigenvalue weighted by atomic mass is 10.4. The molecule has 0 aromatic carbocycles. The topological polar surface area (TPSA) is 27.0 Å². The van der Waals surface area contributed by atoms with Crippen molar-refractivity contribution in [2.24, 2.45) is 0 Å². The SMILES string of the molecule is CCN(CC)C/C=C/C[NH]. The molecule has 0 aromatic rings. The molecular formula is C8H17N2. The van der Waals surface area contributed by atoms with Gasteiger partial charge < -0.3 is 4.90 Å². The number of rotatable bonds is 5. The third-order valence-corrected chi connectivity index (χ3v) is 1.54.